The van der Waals surface area contributed by atoms with Crippen LogP contribution in [0.2, 0.25) is 0 Å². The lowest BCUT2D eigenvalue weighted by atomic mass is 10.1. The van der Waals surface area contributed by atoms with Crippen LogP contribution in [0, 0.1) is 0 Å². The molecule has 1 unspecified atom stereocenters. The average Bonchev–Trinajstić information content (AvgIpc) is 2.28. The first kappa shape index (κ1) is 12.0. The summed E-state index contributed by atoms with van der Waals surface area (Å²) >= 11 is -1.48. The van der Waals surface area contributed by atoms with Gasteiger partial charge in [-0.2, -0.15) is 0 Å². The van der Waals surface area contributed by atoms with Crippen molar-refractivity contribution in [3.8, 4) is 0 Å². The number of rotatable bonds is 5. The minimum absolute atomic E-state index is 0.0956. The Morgan fingerprint density at radius 2 is 2.13 bits per heavy atom. The van der Waals surface area contributed by atoms with Crippen molar-refractivity contribution in [2.45, 2.75) is 5.75 Å². The van der Waals surface area contributed by atoms with E-state index >= 15 is 0 Å². The SMILES string of the molecule is COS(=O)Cc1ccccc1C(=O)CF. The third-order valence-electron chi connectivity index (χ3n) is 1.90. The van der Waals surface area contributed by atoms with Crippen LogP contribution in [0.15, 0.2) is 24.3 Å². The zero-order chi connectivity index (χ0) is 11.3. The number of ketones is 1. The van der Waals surface area contributed by atoms with E-state index in [0.717, 1.165) is 0 Å². The summed E-state index contributed by atoms with van der Waals surface area (Å²) in [7, 11) is 1.32. The standard InChI is InChI=1S/C10H11FO3S/c1-14-15(13)7-8-4-2-3-5-9(8)10(12)6-11/h2-5H,6-7H2,1H3. The normalized spacial score (nSPS) is 12.4. The predicted octanol–water partition coefficient (Wildman–Crippen LogP) is 1.65. The van der Waals surface area contributed by atoms with E-state index < -0.39 is 23.5 Å². The van der Waals surface area contributed by atoms with Crippen molar-refractivity contribution in [1.82, 2.24) is 0 Å². The summed E-state index contributed by atoms with van der Waals surface area (Å²) in [6, 6.07) is 6.50. The van der Waals surface area contributed by atoms with Crippen molar-refractivity contribution in [3.05, 3.63) is 35.4 Å². The van der Waals surface area contributed by atoms with Crippen LogP contribution in [0.25, 0.3) is 0 Å². The fourth-order valence-corrected chi connectivity index (χ4v) is 1.80. The molecule has 82 valence electrons. The molecular formula is C10H11FO3S. The second kappa shape index (κ2) is 5.72. The topological polar surface area (TPSA) is 43.4 Å². The number of hydrogen-bond acceptors (Lipinski definition) is 3. The lowest BCUT2D eigenvalue weighted by Gasteiger charge is -2.05. The van der Waals surface area contributed by atoms with Gasteiger partial charge in [0.1, 0.15) is 0 Å². The van der Waals surface area contributed by atoms with Crippen LogP contribution in [0.1, 0.15) is 15.9 Å². The zero-order valence-corrected chi connectivity index (χ0v) is 9.05. The van der Waals surface area contributed by atoms with Gasteiger partial charge in [-0.1, -0.05) is 24.3 Å². The second-order valence-electron chi connectivity index (χ2n) is 2.83. The minimum atomic E-state index is -1.48. The maximum Gasteiger partial charge on any atom is 0.194 e. The highest BCUT2D eigenvalue weighted by Gasteiger charge is 2.12. The van der Waals surface area contributed by atoms with Crippen molar-refractivity contribution in [2.24, 2.45) is 0 Å². The third kappa shape index (κ3) is 3.21. The van der Waals surface area contributed by atoms with Crippen molar-refractivity contribution >= 4 is 16.9 Å². The van der Waals surface area contributed by atoms with E-state index in [4.69, 9.17) is 0 Å². The van der Waals surface area contributed by atoms with Gasteiger partial charge in [-0.25, -0.2) is 8.60 Å². The number of hydrogen-bond donors (Lipinski definition) is 0. The van der Waals surface area contributed by atoms with E-state index in [0.29, 0.717) is 5.56 Å². The molecule has 0 heterocycles. The van der Waals surface area contributed by atoms with Crippen LogP contribution >= 0.6 is 0 Å². The van der Waals surface area contributed by atoms with Crippen LogP contribution in [0.5, 0.6) is 0 Å². The first-order valence-corrected chi connectivity index (χ1v) is 5.53. The molecule has 15 heavy (non-hydrogen) atoms. The van der Waals surface area contributed by atoms with Gasteiger partial charge in [0, 0.05) is 5.56 Å². The molecule has 0 amide bonds. The Labute approximate surface area is 89.9 Å². The quantitative estimate of drug-likeness (QED) is 0.722. The van der Waals surface area contributed by atoms with Crippen LogP contribution < -0.4 is 0 Å². The van der Waals surface area contributed by atoms with Crippen molar-refractivity contribution in [1.29, 1.82) is 0 Å². The minimum Gasteiger partial charge on any atom is -0.294 e. The van der Waals surface area contributed by atoms with Crippen molar-refractivity contribution < 1.29 is 17.6 Å². The monoisotopic (exact) mass is 230 g/mol. The number of Topliss-reactive ketones (excluding diaryl/α,β-unsaturated/α-hetero) is 1. The summed E-state index contributed by atoms with van der Waals surface area (Å²) in [5.41, 5.74) is 0.811. The summed E-state index contributed by atoms with van der Waals surface area (Å²) in [6.45, 7) is -1.05. The molecular weight excluding hydrogens is 219 g/mol. The predicted molar refractivity (Wildman–Crippen MR) is 55.6 cm³/mol. The van der Waals surface area contributed by atoms with E-state index in [1.807, 2.05) is 0 Å². The van der Waals surface area contributed by atoms with Gasteiger partial charge >= 0.3 is 0 Å². The summed E-state index contributed by atoms with van der Waals surface area (Å²) in [5, 5.41) is 0. The Morgan fingerprint density at radius 1 is 1.47 bits per heavy atom. The second-order valence-corrected chi connectivity index (χ2v) is 4.06. The smallest absolute Gasteiger partial charge is 0.194 e. The molecule has 3 nitrogen and oxygen atoms in total. The molecule has 5 heteroatoms. The van der Waals surface area contributed by atoms with E-state index in [2.05, 4.69) is 4.18 Å². The molecule has 0 aromatic heterocycles. The molecule has 0 N–H and O–H groups in total. The Hall–Kier alpha value is -1.07. The molecule has 0 saturated carbocycles. The van der Waals surface area contributed by atoms with E-state index in [-0.39, 0.29) is 11.3 Å². The third-order valence-corrected chi connectivity index (χ3v) is 2.82. The largest absolute Gasteiger partial charge is 0.294 e. The van der Waals surface area contributed by atoms with Crippen LogP contribution in [0.3, 0.4) is 0 Å². The Balaban J connectivity index is 2.96. The molecule has 0 aliphatic heterocycles. The highest BCUT2D eigenvalue weighted by molar-refractivity contribution is 7.79. The summed E-state index contributed by atoms with van der Waals surface area (Å²) in [6.07, 6.45) is 0. The molecule has 0 aliphatic rings. The van der Waals surface area contributed by atoms with Gasteiger partial charge < -0.3 is 0 Å². The highest BCUT2D eigenvalue weighted by atomic mass is 32.2. The molecule has 1 rings (SSSR count). The average molecular weight is 230 g/mol. The molecule has 1 atom stereocenters. The van der Waals surface area contributed by atoms with Crippen LogP contribution in [-0.4, -0.2) is 23.8 Å². The molecule has 0 spiro atoms. The van der Waals surface area contributed by atoms with Gasteiger partial charge in [-0.05, 0) is 5.56 Å². The fourth-order valence-electron chi connectivity index (χ4n) is 1.18. The van der Waals surface area contributed by atoms with E-state index in [1.54, 1.807) is 18.2 Å². The number of carbonyl (C=O) groups is 1. The van der Waals surface area contributed by atoms with Gasteiger partial charge in [-0.15, -0.1) is 0 Å². The van der Waals surface area contributed by atoms with Gasteiger partial charge in [0.05, 0.1) is 12.9 Å². The zero-order valence-electron chi connectivity index (χ0n) is 8.23. The first-order chi connectivity index (χ1) is 7.19. The molecule has 1 aromatic rings. The van der Waals surface area contributed by atoms with Crippen molar-refractivity contribution in [2.75, 3.05) is 13.8 Å². The van der Waals surface area contributed by atoms with E-state index in [9.17, 15) is 13.4 Å². The Bertz CT molecular complexity index is 379. The Morgan fingerprint density at radius 3 is 2.73 bits per heavy atom. The molecule has 0 aliphatic carbocycles. The number of carbonyl (C=O) groups excluding carboxylic acids is 1. The number of benzene rings is 1. The van der Waals surface area contributed by atoms with Crippen LogP contribution in [0.4, 0.5) is 4.39 Å². The molecule has 0 radical (unpaired) electrons. The lowest BCUT2D eigenvalue weighted by Crippen LogP contribution is -2.07. The maximum absolute atomic E-state index is 12.2. The van der Waals surface area contributed by atoms with Gasteiger partial charge in [0.2, 0.25) is 0 Å². The molecule has 0 fully saturated rings. The lowest BCUT2D eigenvalue weighted by molar-refractivity contribution is 0.0958. The molecule has 0 bridgehead atoms. The maximum atomic E-state index is 12.2. The molecule has 0 saturated heterocycles. The van der Waals surface area contributed by atoms with Crippen molar-refractivity contribution in [3.63, 3.8) is 0 Å². The Kier molecular flexibility index (Phi) is 4.58. The first-order valence-electron chi connectivity index (χ1n) is 4.29. The molecule has 1 aromatic carbocycles. The summed E-state index contributed by atoms with van der Waals surface area (Å²) in [5.74, 6) is -0.503. The fraction of sp³-hybridized carbons (Fsp3) is 0.300. The summed E-state index contributed by atoms with van der Waals surface area (Å²) < 4.78 is 27.9. The van der Waals surface area contributed by atoms with E-state index in [1.165, 1.54) is 13.2 Å². The highest BCUT2D eigenvalue weighted by Crippen LogP contribution is 2.12. The van der Waals surface area contributed by atoms with Gasteiger partial charge in [0.25, 0.3) is 0 Å². The number of halogens is 1. The van der Waals surface area contributed by atoms with Crippen LogP contribution in [-0.2, 0) is 21.0 Å². The van der Waals surface area contributed by atoms with Gasteiger partial charge in [-0.3, -0.25) is 8.98 Å². The van der Waals surface area contributed by atoms with Gasteiger partial charge in [0.15, 0.2) is 23.5 Å². The number of alkyl halides is 1. The summed E-state index contributed by atoms with van der Waals surface area (Å²) in [4.78, 5) is 11.2.